The van der Waals surface area contributed by atoms with Gasteiger partial charge in [-0.3, -0.25) is 0 Å². The van der Waals surface area contributed by atoms with Crippen molar-refractivity contribution in [3.8, 4) is 0 Å². The summed E-state index contributed by atoms with van der Waals surface area (Å²) < 4.78 is 25.9. The van der Waals surface area contributed by atoms with Crippen molar-refractivity contribution in [1.82, 2.24) is 5.32 Å². The molecule has 0 aliphatic heterocycles. The molecule has 1 saturated carbocycles. The molecule has 17 heavy (non-hydrogen) atoms. The topological polar surface area (TPSA) is 12.0 Å². The van der Waals surface area contributed by atoms with Crippen LogP contribution in [-0.2, 0) is 13.0 Å². The van der Waals surface area contributed by atoms with Gasteiger partial charge in [0.25, 0.3) is 0 Å². The molecule has 1 unspecified atom stereocenters. The fraction of sp³-hybridized carbons (Fsp3) is 0.692. The molecule has 1 aliphatic carbocycles. The van der Waals surface area contributed by atoms with Crippen molar-refractivity contribution >= 4 is 11.3 Å². The first-order valence-corrected chi connectivity index (χ1v) is 7.07. The van der Waals surface area contributed by atoms with E-state index in [1.54, 1.807) is 11.3 Å². The Morgan fingerprint density at radius 2 is 2.18 bits per heavy atom. The lowest BCUT2D eigenvalue weighted by atomic mass is 10.1. The van der Waals surface area contributed by atoms with E-state index in [1.165, 1.54) is 9.75 Å². The molecule has 0 bridgehead atoms. The highest BCUT2D eigenvalue weighted by Crippen LogP contribution is 2.38. The van der Waals surface area contributed by atoms with E-state index in [0.717, 1.165) is 19.5 Å². The number of nitrogens with one attached hydrogen (secondary N) is 1. The van der Waals surface area contributed by atoms with Gasteiger partial charge >= 0.3 is 0 Å². The largest absolute Gasteiger partial charge is 0.312 e. The van der Waals surface area contributed by atoms with Crippen molar-refractivity contribution in [1.29, 1.82) is 0 Å². The molecule has 1 aliphatic rings. The van der Waals surface area contributed by atoms with Gasteiger partial charge in [0.1, 0.15) is 0 Å². The van der Waals surface area contributed by atoms with Gasteiger partial charge in [0.05, 0.1) is 0 Å². The first-order chi connectivity index (χ1) is 8.09. The smallest absolute Gasteiger partial charge is 0.248 e. The Kier molecular flexibility index (Phi) is 4.15. The third kappa shape index (κ3) is 3.75. The van der Waals surface area contributed by atoms with Crippen LogP contribution >= 0.6 is 11.3 Å². The van der Waals surface area contributed by atoms with Crippen LogP contribution in [0.5, 0.6) is 0 Å². The van der Waals surface area contributed by atoms with Crippen LogP contribution in [-0.4, -0.2) is 12.5 Å². The van der Waals surface area contributed by atoms with Crippen LogP contribution in [0.15, 0.2) is 12.1 Å². The van der Waals surface area contributed by atoms with Gasteiger partial charge in [-0.25, -0.2) is 8.78 Å². The summed E-state index contributed by atoms with van der Waals surface area (Å²) in [6.45, 7) is 3.67. The molecule has 1 aromatic rings. The Bertz CT molecular complexity index is 362. The van der Waals surface area contributed by atoms with Crippen molar-refractivity contribution in [2.45, 2.75) is 45.1 Å². The highest BCUT2D eigenvalue weighted by Gasteiger charge is 2.38. The number of halogens is 2. The summed E-state index contributed by atoms with van der Waals surface area (Å²) >= 11 is 1.80. The first-order valence-electron chi connectivity index (χ1n) is 6.25. The fourth-order valence-corrected chi connectivity index (χ4v) is 3.25. The average molecular weight is 259 g/mol. The average Bonchev–Trinajstić information content (AvgIpc) is 2.85. The predicted molar refractivity (Wildman–Crippen MR) is 67.7 cm³/mol. The molecule has 1 N–H and O–H groups in total. The Labute approximate surface area is 105 Å². The summed E-state index contributed by atoms with van der Waals surface area (Å²) in [5, 5.41) is 3.30. The molecule has 0 spiro atoms. The van der Waals surface area contributed by atoms with E-state index in [4.69, 9.17) is 0 Å². The molecular weight excluding hydrogens is 240 g/mol. The summed E-state index contributed by atoms with van der Waals surface area (Å²) in [4.78, 5) is 2.68. The number of aryl methyl sites for hydroxylation is 1. The normalized spacial score (nSPS) is 23.1. The van der Waals surface area contributed by atoms with Crippen molar-refractivity contribution in [3.05, 3.63) is 21.9 Å². The van der Waals surface area contributed by atoms with E-state index in [9.17, 15) is 8.78 Å². The number of hydrogen-bond acceptors (Lipinski definition) is 2. The van der Waals surface area contributed by atoms with Crippen LogP contribution in [0.2, 0.25) is 0 Å². The molecule has 0 amide bonds. The van der Waals surface area contributed by atoms with Gasteiger partial charge in [0.15, 0.2) is 0 Å². The van der Waals surface area contributed by atoms with Gasteiger partial charge in [-0.1, -0.05) is 6.92 Å². The number of thiophene rings is 1. The number of rotatable bonds is 5. The molecule has 1 heterocycles. The Morgan fingerprint density at radius 1 is 1.41 bits per heavy atom. The standard InChI is InChI=1S/C13H19F2NS/c1-2-11-3-4-12(17-11)9-16-8-10-5-6-13(14,15)7-10/h3-4,10,16H,2,5-9H2,1H3. The highest BCUT2D eigenvalue weighted by molar-refractivity contribution is 7.11. The van der Waals surface area contributed by atoms with E-state index in [1.807, 2.05) is 0 Å². The van der Waals surface area contributed by atoms with Crippen molar-refractivity contribution < 1.29 is 8.78 Å². The lowest BCUT2D eigenvalue weighted by Gasteiger charge is -2.11. The molecule has 1 nitrogen and oxygen atoms in total. The minimum Gasteiger partial charge on any atom is -0.312 e. The summed E-state index contributed by atoms with van der Waals surface area (Å²) in [5.74, 6) is -2.26. The van der Waals surface area contributed by atoms with E-state index in [-0.39, 0.29) is 18.8 Å². The van der Waals surface area contributed by atoms with Crippen molar-refractivity contribution in [2.24, 2.45) is 5.92 Å². The summed E-state index contributed by atoms with van der Waals surface area (Å²) in [7, 11) is 0. The van der Waals surface area contributed by atoms with Crippen LogP contribution < -0.4 is 5.32 Å². The number of alkyl halides is 2. The van der Waals surface area contributed by atoms with Gasteiger partial charge in [0.2, 0.25) is 5.92 Å². The van der Waals surface area contributed by atoms with Gasteiger partial charge in [-0.2, -0.15) is 0 Å². The SMILES string of the molecule is CCc1ccc(CNCC2CCC(F)(F)C2)s1. The van der Waals surface area contributed by atoms with Crippen LogP contribution in [0, 0.1) is 5.92 Å². The molecule has 2 rings (SSSR count). The third-order valence-corrected chi connectivity index (χ3v) is 4.53. The maximum Gasteiger partial charge on any atom is 0.248 e. The summed E-state index contributed by atoms with van der Waals surface area (Å²) in [6, 6.07) is 4.27. The van der Waals surface area contributed by atoms with Crippen molar-refractivity contribution in [3.63, 3.8) is 0 Å². The molecule has 96 valence electrons. The van der Waals surface area contributed by atoms with Gasteiger partial charge < -0.3 is 5.32 Å². The summed E-state index contributed by atoms with van der Waals surface area (Å²) in [6.07, 6.45) is 1.85. The molecule has 0 aromatic carbocycles. The molecule has 1 atom stereocenters. The van der Waals surface area contributed by atoms with E-state index < -0.39 is 5.92 Å². The second kappa shape index (κ2) is 5.44. The zero-order valence-corrected chi connectivity index (χ0v) is 11.0. The molecule has 1 fully saturated rings. The summed E-state index contributed by atoms with van der Waals surface area (Å²) in [5.41, 5.74) is 0. The quantitative estimate of drug-likeness (QED) is 0.847. The van der Waals surface area contributed by atoms with E-state index >= 15 is 0 Å². The molecular formula is C13H19F2NS. The zero-order chi connectivity index (χ0) is 12.3. The Hall–Kier alpha value is -0.480. The lowest BCUT2D eigenvalue weighted by molar-refractivity contribution is 0.00508. The zero-order valence-electron chi connectivity index (χ0n) is 10.1. The monoisotopic (exact) mass is 259 g/mol. The minimum atomic E-state index is -2.41. The van der Waals surface area contributed by atoms with E-state index in [2.05, 4.69) is 24.4 Å². The second-order valence-electron chi connectivity index (χ2n) is 4.82. The minimum absolute atomic E-state index is 0.0602. The third-order valence-electron chi connectivity index (χ3n) is 3.30. The van der Waals surface area contributed by atoms with Gasteiger partial charge in [0, 0.05) is 29.1 Å². The lowest BCUT2D eigenvalue weighted by Crippen LogP contribution is -2.21. The molecule has 0 saturated heterocycles. The van der Waals surface area contributed by atoms with Crippen LogP contribution in [0.25, 0.3) is 0 Å². The molecule has 4 heteroatoms. The van der Waals surface area contributed by atoms with Crippen LogP contribution in [0.1, 0.15) is 35.9 Å². The second-order valence-corrected chi connectivity index (χ2v) is 6.07. The van der Waals surface area contributed by atoms with Crippen LogP contribution in [0.4, 0.5) is 8.78 Å². The van der Waals surface area contributed by atoms with Crippen LogP contribution in [0.3, 0.4) is 0 Å². The van der Waals surface area contributed by atoms with E-state index in [0.29, 0.717) is 6.42 Å². The maximum absolute atomic E-state index is 13.0. The van der Waals surface area contributed by atoms with Gasteiger partial charge in [-0.15, -0.1) is 11.3 Å². The first kappa shape index (κ1) is 13.0. The Balaban J connectivity index is 1.69. The van der Waals surface area contributed by atoms with Gasteiger partial charge in [-0.05, 0) is 37.4 Å². The molecule has 0 radical (unpaired) electrons. The Morgan fingerprint density at radius 3 is 2.76 bits per heavy atom. The fourth-order valence-electron chi connectivity index (χ4n) is 2.32. The maximum atomic E-state index is 13.0. The highest BCUT2D eigenvalue weighted by atomic mass is 32.1. The predicted octanol–water partition coefficient (Wildman–Crippen LogP) is 3.84. The van der Waals surface area contributed by atoms with Crippen molar-refractivity contribution in [2.75, 3.05) is 6.54 Å². The number of hydrogen-bond donors (Lipinski definition) is 1. The molecule has 1 aromatic heterocycles.